The normalized spacial score (nSPS) is 13.9. The van der Waals surface area contributed by atoms with Gasteiger partial charge in [-0.2, -0.15) is 0 Å². The van der Waals surface area contributed by atoms with Crippen molar-refractivity contribution in [3.8, 4) is 5.75 Å². The van der Waals surface area contributed by atoms with Crippen LogP contribution in [0.3, 0.4) is 0 Å². The molecule has 2 aromatic rings. The Kier molecular flexibility index (Phi) is 6.76. The molecular formula is C21H23ClN2O4. The van der Waals surface area contributed by atoms with Crippen molar-refractivity contribution in [1.82, 2.24) is 4.90 Å². The van der Waals surface area contributed by atoms with Crippen LogP contribution in [0, 0.1) is 0 Å². The van der Waals surface area contributed by atoms with Crippen LogP contribution >= 0.6 is 11.6 Å². The minimum atomic E-state index is -0.451. The van der Waals surface area contributed by atoms with Crippen molar-refractivity contribution in [2.45, 2.75) is 6.42 Å². The van der Waals surface area contributed by atoms with Gasteiger partial charge in [-0.1, -0.05) is 41.9 Å². The van der Waals surface area contributed by atoms with Gasteiger partial charge in [0.2, 0.25) is 0 Å². The van der Waals surface area contributed by atoms with E-state index in [9.17, 15) is 9.59 Å². The number of methoxy groups -OCH3 is 1. The number of carbonyl (C=O) groups is 2. The van der Waals surface area contributed by atoms with Gasteiger partial charge in [-0.05, 0) is 18.2 Å². The molecule has 1 saturated heterocycles. The van der Waals surface area contributed by atoms with E-state index in [1.807, 2.05) is 36.4 Å². The number of anilines is 1. The molecule has 0 atom stereocenters. The van der Waals surface area contributed by atoms with Crippen molar-refractivity contribution in [2.24, 2.45) is 0 Å². The molecule has 0 spiro atoms. The maximum absolute atomic E-state index is 12.4. The highest BCUT2D eigenvalue weighted by atomic mass is 35.5. The molecule has 7 heteroatoms. The molecule has 3 rings (SSSR count). The highest BCUT2D eigenvalue weighted by Gasteiger charge is 2.23. The van der Waals surface area contributed by atoms with Gasteiger partial charge in [0, 0.05) is 31.7 Å². The van der Waals surface area contributed by atoms with E-state index < -0.39 is 5.97 Å². The van der Waals surface area contributed by atoms with Crippen molar-refractivity contribution in [1.29, 1.82) is 0 Å². The maximum atomic E-state index is 12.4. The quantitative estimate of drug-likeness (QED) is 0.695. The largest absolute Gasteiger partial charge is 0.496 e. The van der Waals surface area contributed by atoms with E-state index in [0.29, 0.717) is 37.0 Å². The highest BCUT2D eigenvalue weighted by Crippen LogP contribution is 2.26. The van der Waals surface area contributed by atoms with Crippen molar-refractivity contribution >= 4 is 29.2 Å². The number of halogens is 1. The number of rotatable bonds is 6. The van der Waals surface area contributed by atoms with Crippen molar-refractivity contribution < 1.29 is 19.1 Å². The van der Waals surface area contributed by atoms with Crippen LogP contribution in [0.25, 0.3) is 0 Å². The summed E-state index contributed by atoms with van der Waals surface area (Å²) in [5.41, 5.74) is 1.70. The smallest absolute Gasteiger partial charge is 0.310 e. The first-order valence-electron chi connectivity index (χ1n) is 9.13. The molecule has 1 fully saturated rings. The first kappa shape index (κ1) is 20.0. The lowest BCUT2D eigenvalue weighted by Crippen LogP contribution is -2.50. The molecule has 28 heavy (non-hydrogen) atoms. The molecule has 0 radical (unpaired) electrons. The van der Waals surface area contributed by atoms with E-state index in [1.165, 1.54) is 0 Å². The van der Waals surface area contributed by atoms with Crippen LogP contribution in [0.5, 0.6) is 5.75 Å². The van der Waals surface area contributed by atoms with Gasteiger partial charge in [-0.3, -0.25) is 9.59 Å². The molecule has 2 aromatic carbocycles. The maximum Gasteiger partial charge on any atom is 0.310 e. The molecule has 6 nitrogen and oxygen atoms in total. The Labute approximate surface area is 169 Å². The van der Waals surface area contributed by atoms with Crippen LogP contribution in [-0.4, -0.2) is 56.7 Å². The van der Waals surface area contributed by atoms with Gasteiger partial charge in [0.15, 0.2) is 6.61 Å². The molecule has 0 N–H and O–H groups in total. The molecule has 1 aliphatic rings. The number of ether oxygens (including phenoxy) is 2. The van der Waals surface area contributed by atoms with E-state index in [1.54, 1.807) is 24.1 Å². The number of hydrogen-bond donors (Lipinski definition) is 0. The Bertz CT molecular complexity index is 835. The summed E-state index contributed by atoms with van der Waals surface area (Å²) in [5.74, 6) is -0.0128. The summed E-state index contributed by atoms with van der Waals surface area (Å²) < 4.78 is 10.4. The number of hydrogen-bond acceptors (Lipinski definition) is 5. The fourth-order valence-electron chi connectivity index (χ4n) is 3.19. The highest BCUT2D eigenvalue weighted by molar-refractivity contribution is 6.33. The molecule has 0 aliphatic carbocycles. The number of piperazine rings is 1. The Balaban J connectivity index is 1.46. The molecule has 1 aliphatic heterocycles. The second kappa shape index (κ2) is 9.46. The van der Waals surface area contributed by atoms with E-state index in [2.05, 4.69) is 4.90 Å². The zero-order chi connectivity index (χ0) is 19.9. The van der Waals surface area contributed by atoms with Crippen LogP contribution in [0.15, 0.2) is 48.5 Å². The third-order valence-corrected chi connectivity index (χ3v) is 5.03. The van der Waals surface area contributed by atoms with E-state index >= 15 is 0 Å². The average molecular weight is 403 g/mol. The predicted octanol–water partition coefficient (Wildman–Crippen LogP) is 2.78. The van der Waals surface area contributed by atoms with Gasteiger partial charge < -0.3 is 19.3 Å². The lowest BCUT2D eigenvalue weighted by Gasteiger charge is -2.36. The van der Waals surface area contributed by atoms with Crippen LogP contribution in [0.4, 0.5) is 5.69 Å². The summed E-state index contributed by atoms with van der Waals surface area (Å²) in [5, 5.41) is 0.701. The van der Waals surface area contributed by atoms with Crippen LogP contribution in [0.2, 0.25) is 5.02 Å². The van der Waals surface area contributed by atoms with Gasteiger partial charge in [0.25, 0.3) is 5.91 Å². The molecule has 148 valence electrons. The third kappa shape index (κ3) is 4.95. The van der Waals surface area contributed by atoms with Crippen LogP contribution < -0.4 is 9.64 Å². The summed E-state index contributed by atoms with van der Waals surface area (Å²) >= 11 is 6.24. The van der Waals surface area contributed by atoms with Gasteiger partial charge in [0.05, 0.1) is 24.2 Å². The molecule has 0 unspecified atom stereocenters. The lowest BCUT2D eigenvalue weighted by atomic mass is 10.1. The third-order valence-electron chi connectivity index (χ3n) is 4.71. The lowest BCUT2D eigenvalue weighted by molar-refractivity contribution is -0.151. The standard InChI is InChI=1S/C21H23ClN2O4/c1-27-19-9-5-2-6-16(19)14-21(26)28-15-20(25)24-12-10-23(11-13-24)18-8-4-3-7-17(18)22/h2-9H,10-15H2,1H3. The minimum absolute atomic E-state index is 0.0670. The zero-order valence-corrected chi connectivity index (χ0v) is 16.5. The summed E-state index contributed by atoms with van der Waals surface area (Å²) in [6.45, 7) is 2.25. The second-order valence-electron chi connectivity index (χ2n) is 6.47. The Morgan fingerprint density at radius 1 is 1.00 bits per heavy atom. The number of esters is 1. The summed E-state index contributed by atoms with van der Waals surface area (Å²) in [6, 6.07) is 14.9. The monoisotopic (exact) mass is 402 g/mol. The van der Waals surface area contributed by atoms with E-state index in [0.717, 1.165) is 11.3 Å². The Morgan fingerprint density at radius 2 is 1.68 bits per heavy atom. The van der Waals surface area contributed by atoms with Crippen molar-refractivity contribution in [3.05, 3.63) is 59.1 Å². The topological polar surface area (TPSA) is 59.1 Å². The summed E-state index contributed by atoms with van der Waals surface area (Å²) in [4.78, 5) is 28.3. The first-order chi connectivity index (χ1) is 13.6. The van der Waals surface area contributed by atoms with Crippen molar-refractivity contribution in [2.75, 3.05) is 44.8 Å². The molecule has 0 aromatic heterocycles. The number of amides is 1. The number of carbonyl (C=O) groups excluding carboxylic acids is 2. The number of nitrogens with zero attached hydrogens (tertiary/aromatic N) is 2. The first-order valence-corrected chi connectivity index (χ1v) is 9.51. The Morgan fingerprint density at radius 3 is 2.39 bits per heavy atom. The van der Waals surface area contributed by atoms with E-state index in [-0.39, 0.29) is 18.9 Å². The second-order valence-corrected chi connectivity index (χ2v) is 6.88. The van der Waals surface area contributed by atoms with Crippen LogP contribution in [-0.2, 0) is 20.7 Å². The summed E-state index contributed by atoms with van der Waals surface area (Å²) in [6.07, 6.45) is 0.0670. The number of para-hydroxylation sites is 2. The molecule has 1 amide bonds. The van der Waals surface area contributed by atoms with Crippen molar-refractivity contribution in [3.63, 3.8) is 0 Å². The van der Waals surface area contributed by atoms with Gasteiger partial charge in [-0.15, -0.1) is 0 Å². The van der Waals surface area contributed by atoms with Crippen LogP contribution in [0.1, 0.15) is 5.56 Å². The minimum Gasteiger partial charge on any atom is -0.496 e. The number of benzene rings is 2. The molecule has 0 saturated carbocycles. The molecule has 1 heterocycles. The molecular weight excluding hydrogens is 380 g/mol. The fraction of sp³-hybridized carbons (Fsp3) is 0.333. The fourth-order valence-corrected chi connectivity index (χ4v) is 3.45. The SMILES string of the molecule is COc1ccccc1CC(=O)OCC(=O)N1CCN(c2ccccc2Cl)CC1. The van der Waals surface area contributed by atoms with Gasteiger partial charge in [0.1, 0.15) is 5.75 Å². The Hall–Kier alpha value is -2.73. The average Bonchev–Trinajstić information content (AvgIpc) is 2.73. The van der Waals surface area contributed by atoms with E-state index in [4.69, 9.17) is 21.1 Å². The summed E-state index contributed by atoms with van der Waals surface area (Å²) in [7, 11) is 1.55. The molecule has 0 bridgehead atoms. The van der Waals surface area contributed by atoms with Gasteiger partial charge >= 0.3 is 5.97 Å². The predicted molar refractivity (Wildman–Crippen MR) is 108 cm³/mol. The zero-order valence-electron chi connectivity index (χ0n) is 15.8. The van der Waals surface area contributed by atoms with Gasteiger partial charge in [-0.25, -0.2) is 0 Å².